The zero-order chi connectivity index (χ0) is 16.8. The molecule has 120 valence electrons. The standard InChI is InChI=1S/C16H14F2N2O3/c1-23-12-4-2-3-11(8-12)20-15(21)9-19-16(22)10-5-6-13(17)14(18)7-10/h2-8H,9H2,1H3,(H,19,22)(H,20,21). The minimum absolute atomic E-state index is 0.0712. The monoisotopic (exact) mass is 320 g/mol. The van der Waals surface area contributed by atoms with Crippen molar-refractivity contribution in [2.24, 2.45) is 0 Å². The lowest BCUT2D eigenvalue weighted by Gasteiger charge is -2.08. The zero-order valence-electron chi connectivity index (χ0n) is 12.2. The largest absolute Gasteiger partial charge is 0.497 e. The minimum atomic E-state index is -1.13. The molecule has 0 bridgehead atoms. The lowest BCUT2D eigenvalue weighted by molar-refractivity contribution is -0.115. The van der Waals surface area contributed by atoms with E-state index in [1.807, 2.05) is 0 Å². The summed E-state index contributed by atoms with van der Waals surface area (Å²) in [5.74, 6) is -2.73. The van der Waals surface area contributed by atoms with Gasteiger partial charge in [-0.05, 0) is 30.3 Å². The molecule has 23 heavy (non-hydrogen) atoms. The van der Waals surface area contributed by atoms with Crippen molar-refractivity contribution >= 4 is 17.5 Å². The molecule has 0 atom stereocenters. The highest BCUT2D eigenvalue weighted by molar-refractivity contribution is 5.99. The number of hydrogen-bond acceptors (Lipinski definition) is 3. The summed E-state index contributed by atoms with van der Waals surface area (Å²) in [5, 5.41) is 4.90. The van der Waals surface area contributed by atoms with Gasteiger partial charge in [-0.15, -0.1) is 0 Å². The fourth-order valence-electron chi connectivity index (χ4n) is 1.81. The summed E-state index contributed by atoms with van der Waals surface area (Å²) in [6, 6.07) is 9.46. The van der Waals surface area contributed by atoms with E-state index in [-0.39, 0.29) is 12.1 Å². The quantitative estimate of drug-likeness (QED) is 0.888. The average Bonchev–Trinajstić information content (AvgIpc) is 2.55. The molecule has 7 heteroatoms. The first kappa shape index (κ1) is 16.4. The molecule has 0 spiro atoms. The van der Waals surface area contributed by atoms with Gasteiger partial charge in [0.1, 0.15) is 5.75 Å². The molecular formula is C16H14F2N2O3. The van der Waals surface area contributed by atoms with Gasteiger partial charge in [0.2, 0.25) is 5.91 Å². The molecule has 0 unspecified atom stereocenters. The molecule has 0 aliphatic rings. The number of hydrogen-bond donors (Lipinski definition) is 2. The topological polar surface area (TPSA) is 67.4 Å². The first-order valence-corrected chi connectivity index (χ1v) is 6.67. The van der Waals surface area contributed by atoms with Crippen LogP contribution in [0.25, 0.3) is 0 Å². The number of benzene rings is 2. The summed E-state index contributed by atoms with van der Waals surface area (Å²) in [7, 11) is 1.50. The first-order chi connectivity index (χ1) is 11.0. The van der Waals surface area contributed by atoms with Crippen LogP contribution in [0.15, 0.2) is 42.5 Å². The van der Waals surface area contributed by atoms with Gasteiger partial charge in [0, 0.05) is 17.3 Å². The second kappa shape index (κ2) is 7.35. The van der Waals surface area contributed by atoms with Crippen molar-refractivity contribution in [1.29, 1.82) is 0 Å². The van der Waals surface area contributed by atoms with Crippen LogP contribution in [0.2, 0.25) is 0 Å². The number of nitrogens with one attached hydrogen (secondary N) is 2. The Labute approximate surface area is 131 Å². The van der Waals surface area contributed by atoms with E-state index in [4.69, 9.17) is 4.74 Å². The van der Waals surface area contributed by atoms with Gasteiger partial charge in [-0.3, -0.25) is 9.59 Å². The van der Waals surface area contributed by atoms with Gasteiger partial charge >= 0.3 is 0 Å². The summed E-state index contributed by atoms with van der Waals surface area (Å²) in [4.78, 5) is 23.5. The Morgan fingerprint density at radius 2 is 1.87 bits per heavy atom. The molecule has 0 heterocycles. The van der Waals surface area contributed by atoms with Crippen molar-refractivity contribution in [2.75, 3.05) is 19.0 Å². The van der Waals surface area contributed by atoms with Crippen LogP contribution in [0.5, 0.6) is 5.75 Å². The first-order valence-electron chi connectivity index (χ1n) is 6.67. The predicted octanol–water partition coefficient (Wildman–Crippen LogP) is 2.34. The van der Waals surface area contributed by atoms with Gasteiger partial charge in [0.05, 0.1) is 13.7 Å². The van der Waals surface area contributed by atoms with E-state index in [0.29, 0.717) is 11.4 Å². The Kier molecular flexibility index (Phi) is 5.24. The van der Waals surface area contributed by atoms with Crippen molar-refractivity contribution < 1.29 is 23.1 Å². The van der Waals surface area contributed by atoms with E-state index < -0.39 is 23.4 Å². The number of rotatable bonds is 5. The smallest absolute Gasteiger partial charge is 0.251 e. The molecule has 0 aliphatic heterocycles. The number of methoxy groups -OCH3 is 1. The Bertz CT molecular complexity index is 735. The Morgan fingerprint density at radius 1 is 1.09 bits per heavy atom. The maximum atomic E-state index is 13.1. The molecular weight excluding hydrogens is 306 g/mol. The number of ether oxygens (including phenoxy) is 1. The molecule has 2 aromatic carbocycles. The number of carbonyl (C=O) groups excluding carboxylic acids is 2. The Balaban J connectivity index is 1.90. The minimum Gasteiger partial charge on any atom is -0.497 e. The van der Waals surface area contributed by atoms with Gasteiger partial charge in [0.15, 0.2) is 11.6 Å². The van der Waals surface area contributed by atoms with Gasteiger partial charge in [0.25, 0.3) is 5.91 Å². The lowest BCUT2D eigenvalue weighted by Crippen LogP contribution is -2.32. The molecule has 0 radical (unpaired) electrons. The van der Waals surface area contributed by atoms with Crippen LogP contribution in [0.1, 0.15) is 10.4 Å². The molecule has 0 aromatic heterocycles. The second-order valence-electron chi connectivity index (χ2n) is 4.59. The number of halogens is 2. The van der Waals surface area contributed by atoms with Crippen molar-refractivity contribution in [3.63, 3.8) is 0 Å². The van der Waals surface area contributed by atoms with Crippen LogP contribution in [0, 0.1) is 11.6 Å². The number of carbonyl (C=O) groups is 2. The third kappa shape index (κ3) is 4.50. The lowest BCUT2D eigenvalue weighted by atomic mass is 10.2. The van der Waals surface area contributed by atoms with E-state index in [0.717, 1.165) is 18.2 Å². The van der Waals surface area contributed by atoms with Crippen molar-refractivity contribution in [1.82, 2.24) is 5.32 Å². The van der Waals surface area contributed by atoms with Crippen molar-refractivity contribution in [3.05, 3.63) is 59.7 Å². The van der Waals surface area contributed by atoms with Gasteiger partial charge in [-0.25, -0.2) is 8.78 Å². The number of amides is 2. The summed E-state index contributed by atoms with van der Waals surface area (Å²) < 4.78 is 30.9. The highest BCUT2D eigenvalue weighted by Crippen LogP contribution is 2.16. The molecule has 5 nitrogen and oxygen atoms in total. The summed E-state index contributed by atoms with van der Waals surface area (Å²) in [6.45, 7) is -0.310. The molecule has 2 amide bonds. The van der Waals surface area contributed by atoms with Crippen molar-refractivity contribution in [3.8, 4) is 5.75 Å². The highest BCUT2D eigenvalue weighted by Gasteiger charge is 2.11. The fourth-order valence-corrected chi connectivity index (χ4v) is 1.81. The van der Waals surface area contributed by atoms with Gasteiger partial charge < -0.3 is 15.4 Å². The van der Waals surface area contributed by atoms with Crippen LogP contribution in [0.3, 0.4) is 0 Å². The summed E-state index contributed by atoms with van der Waals surface area (Å²) >= 11 is 0. The Morgan fingerprint density at radius 3 is 2.57 bits per heavy atom. The maximum Gasteiger partial charge on any atom is 0.251 e. The van der Waals surface area contributed by atoms with Crippen LogP contribution in [-0.4, -0.2) is 25.5 Å². The normalized spacial score (nSPS) is 10.0. The SMILES string of the molecule is COc1cccc(NC(=O)CNC(=O)c2ccc(F)c(F)c2)c1. The van der Waals surface area contributed by atoms with Crippen LogP contribution >= 0.6 is 0 Å². The summed E-state index contributed by atoms with van der Waals surface area (Å²) in [5.41, 5.74) is 0.439. The van der Waals surface area contributed by atoms with Crippen LogP contribution < -0.4 is 15.4 Å². The maximum absolute atomic E-state index is 13.1. The number of anilines is 1. The third-order valence-corrected chi connectivity index (χ3v) is 2.94. The van der Waals surface area contributed by atoms with E-state index in [9.17, 15) is 18.4 Å². The molecule has 0 aliphatic carbocycles. The van der Waals surface area contributed by atoms with E-state index in [1.165, 1.54) is 7.11 Å². The van der Waals surface area contributed by atoms with E-state index in [1.54, 1.807) is 24.3 Å². The summed E-state index contributed by atoms with van der Waals surface area (Å²) in [6.07, 6.45) is 0. The second-order valence-corrected chi connectivity index (χ2v) is 4.59. The van der Waals surface area contributed by atoms with Crippen LogP contribution in [0.4, 0.5) is 14.5 Å². The van der Waals surface area contributed by atoms with E-state index >= 15 is 0 Å². The van der Waals surface area contributed by atoms with E-state index in [2.05, 4.69) is 10.6 Å². The van der Waals surface area contributed by atoms with Gasteiger partial charge in [-0.1, -0.05) is 6.07 Å². The van der Waals surface area contributed by atoms with Crippen LogP contribution in [-0.2, 0) is 4.79 Å². The molecule has 0 saturated carbocycles. The Hall–Kier alpha value is -2.96. The van der Waals surface area contributed by atoms with Crippen molar-refractivity contribution in [2.45, 2.75) is 0 Å². The molecule has 0 fully saturated rings. The molecule has 0 saturated heterocycles. The molecule has 2 aromatic rings. The highest BCUT2D eigenvalue weighted by atomic mass is 19.2. The third-order valence-electron chi connectivity index (χ3n) is 2.94. The average molecular weight is 320 g/mol. The predicted molar refractivity (Wildman–Crippen MR) is 80.3 cm³/mol. The fraction of sp³-hybridized carbons (Fsp3) is 0.125. The zero-order valence-corrected chi connectivity index (χ0v) is 12.2. The molecule has 2 rings (SSSR count). The molecule has 2 N–H and O–H groups in total. The van der Waals surface area contributed by atoms with Gasteiger partial charge in [-0.2, -0.15) is 0 Å².